The molecule has 6 heteroatoms. The fraction of sp³-hybridized carbons (Fsp3) is 0.444. The zero-order valence-electron chi connectivity index (χ0n) is 13.8. The van der Waals surface area contributed by atoms with E-state index >= 15 is 0 Å². The van der Waals surface area contributed by atoms with Gasteiger partial charge in [0.2, 0.25) is 11.8 Å². The van der Waals surface area contributed by atoms with Gasteiger partial charge in [0.15, 0.2) is 0 Å². The molecule has 24 heavy (non-hydrogen) atoms. The second-order valence-corrected chi connectivity index (χ2v) is 5.90. The maximum absolute atomic E-state index is 13.9. The average molecular weight is 333 g/mol. The molecule has 1 aliphatic heterocycles. The van der Waals surface area contributed by atoms with Crippen molar-refractivity contribution in [2.24, 2.45) is 0 Å². The van der Waals surface area contributed by atoms with Crippen LogP contribution in [0.25, 0.3) is 0 Å². The Morgan fingerprint density at radius 2 is 2.04 bits per heavy atom. The fourth-order valence-electron chi connectivity index (χ4n) is 2.71. The predicted molar refractivity (Wildman–Crippen MR) is 90.9 cm³/mol. The van der Waals surface area contributed by atoms with Gasteiger partial charge in [0.05, 0.1) is 12.1 Å². The van der Waals surface area contributed by atoms with Gasteiger partial charge in [-0.3, -0.25) is 9.59 Å². The number of carbonyl (C=O) groups is 2. The SMILES string of the molecule is CN[C@H]1CCCCNC(=O)/C=C/[C@H](Cc2ccccc2F)NC1=O. The first kappa shape index (κ1) is 18.1. The molecular formula is C18H24FN3O2. The normalized spacial score (nSPS) is 24.2. The number of hydrogen-bond donors (Lipinski definition) is 3. The molecule has 0 saturated carbocycles. The van der Waals surface area contributed by atoms with Crippen molar-refractivity contribution < 1.29 is 14.0 Å². The first-order chi connectivity index (χ1) is 11.6. The highest BCUT2D eigenvalue weighted by molar-refractivity contribution is 5.88. The molecule has 5 nitrogen and oxygen atoms in total. The van der Waals surface area contributed by atoms with Crippen LogP contribution in [0.15, 0.2) is 36.4 Å². The van der Waals surface area contributed by atoms with Crippen LogP contribution in [0.5, 0.6) is 0 Å². The lowest BCUT2D eigenvalue weighted by Gasteiger charge is -2.21. The number of likely N-dealkylation sites (N-methyl/N-ethyl adjacent to an activating group) is 1. The summed E-state index contributed by atoms with van der Waals surface area (Å²) < 4.78 is 13.9. The van der Waals surface area contributed by atoms with Crippen molar-refractivity contribution in [3.8, 4) is 0 Å². The average Bonchev–Trinajstić information content (AvgIpc) is 2.56. The zero-order valence-corrected chi connectivity index (χ0v) is 13.8. The van der Waals surface area contributed by atoms with Crippen LogP contribution in [0.3, 0.4) is 0 Å². The molecule has 1 aromatic rings. The van der Waals surface area contributed by atoms with E-state index in [-0.39, 0.29) is 23.7 Å². The van der Waals surface area contributed by atoms with Gasteiger partial charge in [0.1, 0.15) is 5.82 Å². The first-order valence-electron chi connectivity index (χ1n) is 8.27. The Hall–Kier alpha value is -2.21. The van der Waals surface area contributed by atoms with E-state index in [4.69, 9.17) is 0 Å². The highest BCUT2D eigenvalue weighted by Gasteiger charge is 2.20. The van der Waals surface area contributed by atoms with Crippen molar-refractivity contribution in [3.63, 3.8) is 0 Å². The maximum atomic E-state index is 13.9. The minimum Gasteiger partial charge on any atom is -0.353 e. The molecule has 3 N–H and O–H groups in total. The number of carbonyl (C=O) groups excluding carboxylic acids is 2. The minimum atomic E-state index is -0.449. The lowest BCUT2D eigenvalue weighted by molar-refractivity contribution is -0.123. The number of nitrogens with one attached hydrogen (secondary N) is 3. The van der Waals surface area contributed by atoms with Gasteiger partial charge in [-0.2, -0.15) is 0 Å². The lowest BCUT2D eigenvalue weighted by Crippen LogP contribution is -2.47. The van der Waals surface area contributed by atoms with E-state index in [1.54, 1.807) is 31.3 Å². The molecule has 0 spiro atoms. The molecule has 0 fully saturated rings. The largest absolute Gasteiger partial charge is 0.353 e. The molecule has 1 aliphatic rings. The number of amides is 2. The molecule has 0 bridgehead atoms. The van der Waals surface area contributed by atoms with Crippen LogP contribution in [0.4, 0.5) is 4.39 Å². The molecule has 2 rings (SSSR count). The molecule has 1 heterocycles. The van der Waals surface area contributed by atoms with E-state index < -0.39 is 6.04 Å². The van der Waals surface area contributed by atoms with Crippen molar-refractivity contribution in [3.05, 3.63) is 47.8 Å². The van der Waals surface area contributed by atoms with Crippen LogP contribution in [0.1, 0.15) is 24.8 Å². The Morgan fingerprint density at radius 1 is 1.25 bits per heavy atom. The Balaban J connectivity index is 2.17. The molecule has 0 unspecified atom stereocenters. The maximum Gasteiger partial charge on any atom is 0.243 e. The summed E-state index contributed by atoms with van der Waals surface area (Å²) in [5.41, 5.74) is 0.501. The first-order valence-corrected chi connectivity index (χ1v) is 8.27. The van der Waals surface area contributed by atoms with E-state index in [9.17, 15) is 14.0 Å². The van der Waals surface area contributed by atoms with Crippen LogP contribution in [-0.2, 0) is 16.0 Å². The highest BCUT2D eigenvalue weighted by Crippen LogP contribution is 2.11. The predicted octanol–water partition coefficient (Wildman–Crippen LogP) is 1.30. The van der Waals surface area contributed by atoms with Gasteiger partial charge >= 0.3 is 0 Å². The topological polar surface area (TPSA) is 70.2 Å². The molecule has 1 aromatic carbocycles. The number of rotatable bonds is 3. The van der Waals surface area contributed by atoms with Crippen LogP contribution in [0, 0.1) is 5.82 Å². The summed E-state index contributed by atoms with van der Waals surface area (Å²) in [4.78, 5) is 24.2. The summed E-state index contributed by atoms with van der Waals surface area (Å²) in [6.45, 7) is 0.583. The van der Waals surface area contributed by atoms with Crippen LogP contribution < -0.4 is 16.0 Å². The Morgan fingerprint density at radius 3 is 2.79 bits per heavy atom. The van der Waals surface area contributed by atoms with Crippen molar-refractivity contribution in [1.82, 2.24) is 16.0 Å². The Kier molecular flexibility index (Phi) is 6.93. The summed E-state index contributed by atoms with van der Waals surface area (Å²) in [6, 6.07) is 5.70. The zero-order chi connectivity index (χ0) is 17.4. The third-order valence-electron chi connectivity index (χ3n) is 4.09. The molecular weight excluding hydrogens is 309 g/mol. The van der Waals surface area contributed by atoms with Crippen molar-refractivity contribution in [2.45, 2.75) is 37.8 Å². The summed E-state index contributed by atoms with van der Waals surface area (Å²) in [6.07, 6.45) is 5.66. The molecule has 0 aliphatic carbocycles. The van der Waals surface area contributed by atoms with Gasteiger partial charge in [-0.15, -0.1) is 0 Å². The fourth-order valence-corrected chi connectivity index (χ4v) is 2.71. The third-order valence-corrected chi connectivity index (χ3v) is 4.09. The van der Waals surface area contributed by atoms with Crippen molar-refractivity contribution >= 4 is 11.8 Å². The summed E-state index contributed by atoms with van der Waals surface area (Å²) >= 11 is 0. The van der Waals surface area contributed by atoms with Crippen LogP contribution in [0.2, 0.25) is 0 Å². The van der Waals surface area contributed by atoms with E-state index in [1.807, 2.05) is 0 Å². The molecule has 0 aromatic heterocycles. The van der Waals surface area contributed by atoms with Gasteiger partial charge < -0.3 is 16.0 Å². The Bertz CT molecular complexity index is 604. The quantitative estimate of drug-likeness (QED) is 0.781. The van der Waals surface area contributed by atoms with Gasteiger partial charge in [0, 0.05) is 12.6 Å². The van der Waals surface area contributed by atoms with Crippen molar-refractivity contribution in [2.75, 3.05) is 13.6 Å². The van der Waals surface area contributed by atoms with E-state index in [1.165, 1.54) is 12.1 Å². The summed E-state index contributed by atoms with van der Waals surface area (Å²) in [7, 11) is 1.75. The van der Waals surface area contributed by atoms with Gasteiger partial charge in [-0.25, -0.2) is 4.39 Å². The molecule has 130 valence electrons. The number of halogens is 1. The second-order valence-electron chi connectivity index (χ2n) is 5.90. The second kappa shape index (κ2) is 9.17. The van der Waals surface area contributed by atoms with Gasteiger partial charge in [-0.1, -0.05) is 24.3 Å². The standard InChI is InChI=1S/C18H24FN3O2/c1-20-16-8-4-5-11-21-17(23)10-9-14(22-18(16)24)12-13-6-2-3-7-15(13)19/h2-3,6-7,9-10,14,16,20H,4-5,8,11-12H2,1H3,(H,21,23)(H,22,24)/b10-9+/t14-,16+/m1/s1. The third kappa shape index (κ3) is 5.45. The lowest BCUT2D eigenvalue weighted by atomic mass is 10.0. The Labute approximate surface area is 141 Å². The van der Waals surface area contributed by atoms with Gasteiger partial charge in [0.25, 0.3) is 0 Å². The molecule has 2 amide bonds. The summed E-state index contributed by atoms with van der Waals surface area (Å²) in [5.74, 6) is -0.654. The number of benzene rings is 1. The van der Waals surface area contributed by atoms with Crippen LogP contribution in [-0.4, -0.2) is 37.5 Å². The smallest absolute Gasteiger partial charge is 0.243 e. The molecule has 0 radical (unpaired) electrons. The molecule has 2 atom stereocenters. The van der Waals surface area contributed by atoms with Crippen LogP contribution >= 0.6 is 0 Å². The van der Waals surface area contributed by atoms with E-state index in [2.05, 4.69) is 16.0 Å². The molecule has 0 saturated heterocycles. The van der Waals surface area contributed by atoms with E-state index in [0.29, 0.717) is 24.9 Å². The highest BCUT2D eigenvalue weighted by atomic mass is 19.1. The monoisotopic (exact) mass is 333 g/mol. The van der Waals surface area contributed by atoms with Gasteiger partial charge in [-0.05, 0) is 44.4 Å². The summed E-state index contributed by atoms with van der Waals surface area (Å²) in [5, 5.41) is 8.72. The van der Waals surface area contributed by atoms with Crippen molar-refractivity contribution in [1.29, 1.82) is 0 Å². The minimum absolute atomic E-state index is 0.135. The number of hydrogen-bond acceptors (Lipinski definition) is 3. The van der Waals surface area contributed by atoms with E-state index in [0.717, 1.165) is 12.8 Å².